The quantitative estimate of drug-likeness (QED) is 0.216. The molecule has 1 unspecified atom stereocenters. The van der Waals surface area contributed by atoms with E-state index in [9.17, 15) is 4.79 Å². The highest BCUT2D eigenvalue weighted by Gasteiger charge is 2.17. The number of ether oxygens (including phenoxy) is 1. The Morgan fingerprint density at radius 1 is 1.29 bits per heavy atom. The lowest BCUT2D eigenvalue weighted by Crippen LogP contribution is -2.49. The topological polar surface area (TPSA) is 74.8 Å². The number of alkyl carbamates (subject to hydrolysis) is 1. The molecule has 0 aromatic rings. The second-order valence-corrected chi connectivity index (χ2v) is 6.37. The summed E-state index contributed by atoms with van der Waals surface area (Å²) in [6.45, 7) is 15.2. The number of halogens is 1. The number of guanidine groups is 1. The Morgan fingerprint density at radius 2 is 1.96 bits per heavy atom. The fraction of sp³-hybridized carbons (Fsp3) is 0.765. The van der Waals surface area contributed by atoms with Gasteiger partial charge in [-0.3, -0.25) is 0 Å². The molecule has 0 aromatic carbocycles. The first-order valence-corrected chi connectivity index (χ1v) is 8.45. The molecular formula is C17H35IN4O2. The van der Waals surface area contributed by atoms with Crippen molar-refractivity contribution in [2.24, 2.45) is 4.99 Å². The molecule has 6 nitrogen and oxygen atoms in total. The maximum absolute atomic E-state index is 11.8. The van der Waals surface area contributed by atoms with E-state index in [-0.39, 0.29) is 30.0 Å². The maximum atomic E-state index is 11.8. The molecule has 1 atom stereocenters. The van der Waals surface area contributed by atoms with E-state index in [1.54, 1.807) is 6.08 Å². The smallest absolute Gasteiger partial charge is 0.407 e. The van der Waals surface area contributed by atoms with Crippen LogP contribution in [-0.4, -0.2) is 43.3 Å². The van der Waals surface area contributed by atoms with Crippen molar-refractivity contribution in [1.82, 2.24) is 16.0 Å². The summed E-state index contributed by atoms with van der Waals surface area (Å²) in [5.74, 6) is 0.736. The van der Waals surface area contributed by atoms with Crippen molar-refractivity contribution in [3.05, 3.63) is 12.7 Å². The van der Waals surface area contributed by atoms with Crippen LogP contribution in [-0.2, 0) is 4.74 Å². The third-order valence-corrected chi connectivity index (χ3v) is 2.86. The van der Waals surface area contributed by atoms with Crippen LogP contribution in [0.1, 0.15) is 53.9 Å². The number of unbranched alkanes of at least 4 members (excludes halogenated alkanes) is 1. The van der Waals surface area contributed by atoms with Crippen LogP contribution in [0.4, 0.5) is 4.79 Å². The fourth-order valence-corrected chi connectivity index (χ4v) is 1.87. The van der Waals surface area contributed by atoms with Gasteiger partial charge < -0.3 is 20.7 Å². The molecule has 0 aliphatic rings. The van der Waals surface area contributed by atoms with Crippen molar-refractivity contribution in [3.8, 4) is 0 Å². The van der Waals surface area contributed by atoms with Gasteiger partial charge in [0.05, 0.1) is 6.54 Å². The number of amides is 1. The van der Waals surface area contributed by atoms with Gasteiger partial charge in [-0.1, -0.05) is 25.8 Å². The molecule has 0 aliphatic carbocycles. The predicted octanol–water partition coefficient (Wildman–Crippen LogP) is 3.43. The summed E-state index contributed by atoms with van der Waals surface area (Å²) in [6, 6.07) is 0.102. The van der Waals surface area contributed by atoms with Gasteiger partial charge in [0.15, 0.2) is 5.96 Å². The van der Waals surface area contributed by atoms with Crippen molar-refractivity contribution in [2.45, 2.75) is 65.5 Å². The number of hydrogen-bond acceptors (Lipinski definition) is 3. The molecule has 0 saturated carbocycles. The lowest BCUT2D eigenvalue weighted by atomic mass is 10.1. The predicted molar refractivity (Wildman–Crippen MR) is 112 cm³/mol. The summed E-state index contributed by atoms with van der Waals surface area (Å²) in [4.78, 5) is 16.2. The molecule has 0 heterocycles. The average molecular weight is 454 g/mol. The van der Waals surface area contributed by atoms with E-state index < -0.39 is 11.7 Å². The molecule has 0 aromatic heterocycles. The van der Waals surface area contributed by atoms with E-state index in [0.717, 1.165) is 31.8 Å². The van der Waals surface area contributed by atoms with E-state index >= 15 is 0 Å². The first kappa shape index (κ1) is 25.3. The highest BCUT2D eigenvalue weighted by molar-refractivity contribution is 14.0. The molecule has 0 fully saturated rings. The van der Waals surface area contributed by atoms with Crippen LogP contribution in [0.3, 0.4) is 0 Å². The van der Waals surface area contributed by atoms with Gasteiger partial charge in [0.25, 0.3) is 0 Å². The Kier molecular flexibility index (Phi) is 15.1. The standard InChI is InChI=1S/C17H34N4O2.HI/c1-7-10-11-14(13-20-16(22)23-17(4,5)6)21-15(18-9-3)19-12-8-2;/h8,14H,2,7,9-13H2,1,3-6H3,(H,20,22)(H2,18,19,21);1H. The number of nitrogens with zero attached hydrogens (tertiary/aromatic N) is 1. The van der Waals surface area contributed by atoms with Gasteiger partial charge in [0.2, 0.25) is 0 Å². The molecule has 0 aliphatic heterocycles. The third kappa shape index (κ3) is 14.6. The van der Waals surface area contributed by atoms with Crippen molar-refractivity contribution < 1.29 is 9.53 Å². The van der Waals surface area contributed by atoms with Crippen LogP contribution in [0.5, 0.6) is 0 Å². The zero-order valence-electron chi connectivity index (χ0n) is 15.8. The molecule has 142 valence electrons. The molecule has 7 heteroatoms. The first-order chi connectivity index (χ1) is 10.8. The van der Waals surface area contributed by atoms with Crippen LogP contribution < -0.4 is 16.0 Å². The fourth-order valence-electron chi connectivity index (χ4n) is 1.87. The Bertz CT molecular complexity index is 381. The van der Waals surface area contributed by atoms with Gasteiger partial charge in [-0.25, -0.2) is 9.79 Å². The van der Waals surface area contributed by atoms with Crippen LogP contribution in [0.15, 0.2) is 17.6 Å². The number of nitrogens with one attached hydrogen (secondary N) is 3. The molecule has 0 radical (unpaired) electrons. The largest absolute Gasteiger partial charge is 0.444 e. The van der Waals surface area contributed by atoms with Gasteiger partial charge in [-0.15, -0.1) is 30.6 Å². The Balaban J connectivity index is 0. The van der Waals surface area contributed by atoms with Crippen molar-refractivity contribution in [1.29, 1.82) is 0 Å². The van der Waals surface area contributed by atoms with Crippen molar-refractivity contribution >= 4 is 36.0 Å². The summed E-state index contributed by atoms with van der Waals surface area (Å²) in [6.07, 6.45) is 4.48. The van der Waals surface area contributed by atoms with E-state index in [4.69, 9.17) is 4.74 Å². The average Bonchev–Trinajstić information content (AvgIpc) is 2.45. The zero-order valence-corrected chi connectivity index (χ0v) is 18.1. The van der Waals surface area contributed by atoms with Crippen LogP contribution in [0.2, 0.25) is 0 Å². The second kappa shape index (κ2) is 14.4. The number of rotatable bonds is 9. The Hall–Kier alpha value is -0.990. The van der Waals surface area contributed by atoms with Gasteiger partial charge in [-0.05, 0) is 34.1 Å². The number of hydrogen-bond donors (Lipinski definition) is 3. The maximum Gasteiger partial charge on any atom is 0.407 e. The van der Waals surface area contributed by atoms with Crippen LogP contribution in [0.25, 0.3) is 0 Å². The summed E-state index contributed by atoms with van der Waals surface area (Å²) in [5, 5.41) is 9.39. The molecule has 3 N–H and O–H groups in total. The van der Waals surface area contributed by atoms with E-state index in [1.807, 2.05) is 27.7 Å². The molecule has 0 saturated heterocycles. The third-order valence-electron chi connectivity index (χ3n) is 2.86. The molecule has 0 spiro atoms. The zero-order chi connectivity index (χ0) is 17.7. The van der Waals surface area contributed by atoms with Gasteiger partial charge >= 0.3 is 6.09 Å². The lowest BCUT2D eigenvalue weighted by Gasteiger charge is -2.24. The molecule has 0 rings (SSSR count). The van der Waals surface area contributed by atoms with Crippen molar-refractivity contribution in [3.63, 3.8) is 0 Å². The normalized spacial score (nSPS) is 12.6. The SMILES string of the molecule is C=CCN=C(NCC)NC(CCCC)CNC(=O)OC(C)(C)C.I. The monoisotopic (exact) mass is 454 g/mol. The van der Waals surface area contributed by atoms with E-state index in [0.29, 0.717) is 13.1 Å². The van der Waals surface area contributed by atoms with E-state index in [2.05, 4.69) is 34.4 Å². The van der Waals surface area contributed by atoms with Gasteiger partial charge in [0, 0.05) is 19.1 Å². The number of carbonyl (C=O) groups excluding carboxylic acids is 1. The minimum Gasteiger partial charge on any atom is -0.444 e. The molecule has 0 bridgehead atoms. The number of aliphatic imine (C=N–C) groups is 1. The second-order valence-electron chi connectivity index (χ2n) is 6.37. The summed E-state index contributed by atoms with van der Waals surface area (Å²) in [7, 11) is 0. The van der Waals surface area contributed by atoms with Crippen molar-refractivity contribution in [2.75, 3.05) is 19.6 Å². The molecule has 24 heavy (non-hydrogen) atoms. The molecular weight excluding hydrogens is 419 g/mol. The van der Waals surface area contributed by atoms with Gasteiger partial charge in [-0.2, -0.15) is 0 Å². The first-order valence-electron chi connectivity index (χ1n) is 8.45. The van der Waals surface area contributed by atoms with Gasteiger partial charge in [0.1, 0.15) is 5.60 Å². The summed E-state index contributed by atoms with van der Waals surface area (Å²) in [5.41, 5.74) is -0.489. The highest BCUT2D eigenvalue weighted by atomic mass is 127. The number of carbonyl (C=O) groups is 1. The minimum atomic E-state index is -0.489. The minimum absolute atomic E-state index is 0. The Morgan fingerprint density at radius 3 is 2.46 bits per heavy atom. The molecule has 1 amide bonds. The highest BCUT2D eigenvalue weighted by Crippen LogP contribution is 2.07. The van der Waals surface area contributed by atoms with Crippen LogP contribution >= 0.6 is 24.0 Å². The summed E-state index contributed by atoms with van der Waals surface area (Å²) < 4.78 is 5.27. The lowest BCUT2D eigenvalue weighted by molar-refractivity contribution is 0.0523. The summed E-state index contributed by atoms with van der Waals surface area (Å²) >= 11 is 0. The Labute approximate surface area is 164 Å². The van der Waals surface area contributed by atoms with Crippen LogP contribution in [0, 0.1) is 0 Å². The van der Waals surface area contributed by atoms with E-state index in [1.165, 1.54) is 0 Å².